The van der Waals surface area contributed by atoms with Crippen molar-refractivity contribution in [1.29, 1.82) is 0 Å². The van der Waals surface area contributed by atoms with Crippen molar-refractivity contribution in [2.75, 3.05) is 0 Å². The Kier molecular flexibility index (Phi) is 15.0. The van der Waals surface area contributed by atoms with Gasteiger partial charge in [-0.1, -0.05) is 15.6 Å². The average molecular weight is 765 g/mol. The second-order valence-electron chi connectivity index (χ2n) is 12.9. The maximum atomic E-state index is 13.5. The predicted molar refractivity (Wildman–Crippen MR) is 190 cm³/mol. The van der Waals surface area contributed by atoms with Crippen LogP contribution in [0.5, 0.6) is 5.75 Å². The first-order chi connectivity index (χ1) is 26.3. The Hall–Kier alpha value is -6.61. The molecule has 0 aliphatic rings. The summed E-state index contributed by atoms with van der Waals surface area (Å²) in [5, 5.41) is 45.7. The average Bonchev–Trinajstić information content (AvgIpc) is 3.90. The molecule has 0 bridgehead atoms. The number of nitro benzene ring substituents is 1. The molecule has 0 aliphatic carbocycles. The summed E-state index contributed by atoms with van der Waals surface area (Å²) in [5.74, 6) is -2.05. The lowest BCUT2D eigenvalue weighted by Gasteiger charge is -2.35. The topological polar surface area (TPSA) is 278 Å². The molecular weight excluding hydrogens is 720 g/mol. The summed E-state index contributed by atoms with van der Waals surface area (Å²) in [5.41, 5.74) is 0.272. The maximum Gasteiger partial charge on any atom is 0.311 e. The number of nitrogens with one attached hydrogen (secondary N) is 4. The molecule has 0 aliphatic heterocycles. The van der Waals surface area contributed by atoms with Crippen molar-refractivity contribution in [1.82, 2.24) is 66.2 Å². The molecule has 22 nitrogen and oxygen atoms in total. The van der Waals surface area contributed by atoms with E-state index in [1.165, 1.54) is 38.3 Å². The fraction of sp³-hybridized carbons (Fsp3) is 0.485. The highest BCUT2D eigenvalue weighted by molar-refractivity contribution is 5.80. The van der Waals surface area contributed by atoms with Gasteiger partial charge in [-0.25, -0.2) is 0 Å². The zero-order valence-electron chi connectivity index (χ0n) is 30.8. The van der Waals surface area contributed by atoms with Crippen LogP contribution in [0.4, 0.5) is 5.69 Å². The molecule has 0 radical (unpaired) electrons. The third kappa shape index (κ3) is 14.4. The van der Waals surface area contributed by atoms with Gasteiger partial charge in [0.2, 0.25) is 23.6 Å². The van der Waals surface area contributed by atoms with Crippen LogP contribution in [-0.2, 0) is 64.7 Å². The fourth-order valence-electron chi connectivity index (χ4n) is 5.45. The Bertz CT molecular complexity index is 1790. The molecule has 0 fully saturated rings. The summed E-state index contributed by atoms with van der Waals surface area (Å²) in [7, 11) is 5.10. The highest BCUT2D eigenvalue weighted by Gasteiger charge is 2.34. The van der Waals surface area contributed by atoms with Gasteiger partial charge in [0.1, 0.15) is 22.8 Å². The van der Waals surface area contributed by atoms with Crippen LogP contribution >= 0.6 is 0 Å². The minimum atomic E-state index is -1.20. The lowest BCUT2D eigenvalue weighted by atomic mass is 9.82. The largest absolute Gasteiger partial charge is 0.427 e. The second kappa shape index (κ2) is 20.0. The monoisotopic (exact) mass is 764 g/mol. The standard InChI is InChI=1S/C33H44N14O8/c1-44-20-23(38-41-44)17-34-28(48)11-14-33(15-12-29(49)35-18-24-21-45(2)42-39-24,16-13-30(50)36-19-25-22-46(3)43-40-25)37-31(51)5-4-6-32(52)55-27-9-7-26(8-10-27)47(53)54/h7-10,20-22H,4-6,11-19H2,1-3H3,(H,34,48)(H,35,49)(H,36,50)(H,37,51). The number of carbonyl (C=O) groups excluding carboxylic acids is 5. The lowest BCUT2D eigenvalue weighted by Crippen LogP contribution is -2.50. The van der Waals surface area contributed by atoms with E-state index in [9.17, 15) is 34.1 Å². The molecular formula is C33H44N14O8. The molecule has 1 aromatic carbocycles. The van der Waals surface area contributed by atoms with Crippen molar-refractivity contribution < 1.29 is 33.6 Å². The van der Waals surface area contributed by atoms with Crippen LogP contribution in [0.2, 0.25) is 0 Å². The Morgan fingerprint density at radius 3 is 1.44 bits per heavy atom. The van der Waals surface area contributed by atoms with Gasteiger partial charge in [0.05, 0.1) is 24.6 Å². The van der Waals surface area contributed by atoms with Crippen molar-refractivity contribution in [3.05, 3.63) is 70.1 Å². The molecule has 55 heavy (non-hydrogen) atoms. The van der Waals surface area contributed by atoms with Gasteiger partial charge in [-0.2, -0.15) is 0 Å². The van der Waals surface area contributed by atoms with Crippen LogP contribution < -0.4 is 26.0 Å². The van der Waals surface area contributed by atoms with E-state index in [2.05, 4.69) is 52.2 Å². The van der Waals surface area contributed by atoms with Gasteiger partial charge in [0, 0.05) is 89.5 Å². The molecule has 0 saturated heterocycles. The highest BCUT2D eigenvalue weighted by Crippen LogP contribution is 2.27. The first-order valence-corrected chi connectivity index (χ1v) is 17.4. The van der Waals surface area contributed by atoms with Gasteiger partial charge in [-0.15, -0.1) is 15.3 Å². The van der Waals surface area contributed by atoms with E-state index in [-0.39, 0.29) is 107 Å². The molecule has 294 valence electrons. The minimum Gasteiger partial charge on any atom is -0.427 e. The molecule has 0 atom stereocenters. The summed E-state index contributed by atoms with van der Waals surface area (Å²) in [6.45, 7) is 0.368. The van der Waals surface area contributed by atoms with Crippen molar-refractivity contribution >= 4 is 35.3 Å². The van der Waals surface area contributed by atoms with Gasteiger partial charge >= 0.3 is 5.97 Å². The molecule has 3 aromatic heterocycles. The smallest absolute Gasteiger partial charge is 0.311 e. The molecule has 0 spiro atoms. The van der Waals surface area contributed by atoms with Crippen molar-refractivity contribution in [2.24, 2.45) is 21.1 Å². The Balaban J connectivity index is 1.43. The lowest BCUT2D eigenvalue weighted by molar-refractivity contribution is -0.384. The normalized spacial score (nSPS) is 11.1. The number of nitro groups is 1. The van der Waals surface area contributed by atoms with Crippen LogP contribution in [0.25, 0.3) is 0 Å². The minimum absolute atomic E-state index is 0.0649. The summed E-state index contributed by atoms with van der Waals surface area (Å²) in [4.78, 5) is 75.4. The number of esters is 1. The molecule has 4 aromatic rings. The van der Waals surface area contributed by atoms with Crippen LogP contribution in [0.1, 0.15) is 74.9 Å². The number of hydrogen-bond donors (Lipinski definition) is 4. The number of aromatic nitrogens is 9. The summed E-state index contributed by atoms with van der Waals surface area (Å²) in [6.07, 6.45) is 4.82. The molecule has 4 amide bonds. The predicted octanol–water partition coefficient (Wildman–Crippen LogP) is 0.201. The molecule has 22 heteroatoms. The van der Waals surface area contributed by atoms with Crippen molar-refractivity contribution in [2.45, 2.75) is 83.0 Å². The number of ether oxygens (including phenoxy) is 1. The fourth-order valence-corrected chi connectivity index (χ4v) is 5.45. The molecule has 4 N–H and O–H groups in total. The maximum absolute atomic E-state index is 13.5. The third-order valence-electron chi connectivity index (χ3n) is 8.31. The number of amides is 4. The van der Waals surface area contributed by atoms with Gasteiger partial charge in [0.25, 0.3) is 5.69 Å². The Morgan fingerprint density at radius 1 is 0.655 bits per heavy atom. The van der Waals surface area contributed by atoms with Crippen LogP contribution in [0.3, 0.4) is 0 Å². The number of benzene rings is 1. The van der Waals surface area contributed by atoms with Gasteiger partial charge < -0.3 is 26.0 Å². The Labute approximate surface area is 314 Å². The zero-order chi connectivity index (χ0) is 39.8. The number of rotatable bonds is 22. The van der Waals surface area contributed by atoms with E-state index in [0.717, 1.165) is 0 Å². The third-order valence-corrected chi connectivity index (χ3v) is 8.31. The molecule has 0 saturated carbocycles. The Morgan fingerprint density at radius 2 is 1.07 bits per heavy atom. The quantitative estimate of drug-likeness (QED) is 0.0360. The summed E-state index contributed by atoms with van der Waals surface area (Å²) >= 11 is 0. The van der Waals surface area contributed by atoms with E-state index >= 15 is 0 Å². The zero-order valence-corrected chi connectivity index (χ0v) is 30.8. The van der Waals surface area contributed by atoms with Crippen LogP contribution in [-0.4, -0.2) is 85.0 Å². The molecule has 4 rings (SSSR count). The van der Waals surface area contributed by atoms with Crippen LogP contribution in [0.15, 0.2) is 42.9 Å². The number of aryl methyl sites for hydroxylation is 3. The second-order valence-corrected chi connectivity index (χ2v) is 12.9. The van der Waals surface area contributed by atoms with Gasteiger partial charge in [-0.3, -0.25) is 48.1 Å². The van der Waals surface area contributed by atoms with E-state index < -0.39 is 22.3 Å². The SMILES string of the molecule is Cn1cc(CNC(=O)CCC(CCC(=O)NCc2cn(C)nn2)(CCC(=O)NCc2cn(C)nn2)NC(=O)CCCC(=O)Oc2ccc([N+](=O)[O-])cc2)nn1. The van der Waals surface area contributed by atoms with Gasteiger partial charge in [-0.05, 0) is 37.8 Å². The first-order valence-electron chi connectivity index (χ1n) is 17.4. The molecule has 3 heterocycles. The van der Waals surface area contributed by atoms with E-state index in [1.807, 2.05) is 0 Å². The highest BCUT2D eigenvalue weighted by atomic mass is 16.6. The van der Waals surface area contributed by atoms with Crippen molar-refractivity contribution in [3.63, 3.8) is 0 Å². The number of hydrogen-bond acceptors (Lipinski definition) is 14. The van der Waals surface area contributed by atoms with Crippen molar-refractivity contribution in [3.8, 4) is 5.75 Å². The number of carbonyl (C=O) groups is 5. The van der Waals surface area contributed by atoms with E-state index in [1.54, 1.807) is 39.7 Å². The van der Waals surface area contributed by atoms with E-state index in [4.69, 9.17) is 4.74 Å². The van der Waals surface area contributed by atoms with Crippen LogP contribution in [0, 0.1) is 10.1 Å². The summed E-state index contributed by atoms with van der Waals surface area (Å²) in [6, 6.07) is 5.01. The van der Waals surface area contributed by atoms with Gasteiger partial charge in [0.15, 0.2) is 0 Å². The van der Waals surface area contributed by atoms with E-state index in [0.29, 0.717) is 17.1 Å². The number of non-ortho nitro benzene ring substituents is 1. The summed E-state index contributed by atoms with van der Waals surface area (Å²) < 4.78 is 9.75. The first kappa shape index (κ1) is 41.2. The number of nitrogens with zero attached hydrogens (tertiary/aromatic N) is 10. The molecule has 0 unspecified atom stereocenters.